The minimum Gasteiger partial charge on any atom is -0.493 e. The van der Waals surface area contributed by atoms with E-state index in [0.29, 0.717) is 18.8 Å². The maximum atomic E-state index is 13.9. The molecule has 8 heteroatoms. The van der Waals surface area contributed by atoms with Crippen molar-refractivity contribution in [3.05, 3.63) is 68.5 Å². The van der Waals surface area contributed by atoms with Gasteiger partial charge >= 0.3 is 5.97 Å². The molecule has 0 N–H and O–H groups in total. The number of carbonyl (C=O) groups excluding carboxylic acids is 2. The molecule has 1 spiro atoms. The second-order valence-corrected chi connectivity index (χ2v) is 9.99. The summed E-state index contributed by atoms with van der Waals surface area (Å²) in [5.74, 6) is 0.234. The van der Waals surface area contributed by atoms with Crippen LogP contribution in [-0.4, -0.2) is 41.4 Å². The van der Waals surface area contributed by atoms with E-state index in [4.69, 9.17) is 9.47 Å². The molecule has 1 amide bonds. The second kappa shape index (κ2) is 7.58. The standard InChI is InChI=1S/C25H22IN3O4/c1-2-32-24(31)21-20-22(29(27-21)18-7-8-19-15(13-18)9-12-33-19)23(30)28(14-25(20)10-11-25)17-5-3-16(26)4-6-17/h3-8,13H,2,9-12,14H2,1H3. The molecule has 33 heavy (non-hydrogen) atoms. The molecule has 0 atom stereocenters. The first kappa shape index (κ1) is 20.7. The lowest BCUT2D eigenvalue weighted by Gasteiger charge is -2.33. The third kappa shape index (κ3) is 3.25. The van der Waals surface area contributed by atoms with Crippen LogP contribution in [0, 0.1) is 3.57 Å². The van der Waals surface area contributed by atoms with Crippen LogP contribution in [-0.2, 0) is 16.6 Å². The molecular weight excluding hydrogens is 533 g/mol. The second-order valence-electron chi connectivity index (χ2n) is 8.74. The number of benzene rings is 2. The van der Waals surface area contributed by atoms with Gasteiger partial charge in [-0.25, -0.2) is 9.48 Å². The zero-order chi connectivity index (χ0) is 22.7. The van der Waals surface area contributed by atoms with Crippen molar-refractivity contribution in [2.75, 3.05) is 24.7 Å². The molecule has 3 aliphatic rings. The number of nitrogens with zero attached hydrogens (tertiary/aromatic N) is 3. The molecule has 7 nitrogen and oxygen atoms in total. The molecule has 2 aromatic carbocycles. The van der Waals surface area contributed by atoms with Crippen molar-refractivity contribution in [2.45, 2.75) is 31.6 Å². The lowest BCUT2D eigenvalue weighted by molar-refractivity contribution is 0.0516. The van der Waals surface area contributed by atoms with Gasteiger partial charge in [0.05, 0.1) is 18.9 Å². The molecular formula is C25H22IN3O4. The molecule has 0 saturated heterocycles. The summed E-state index contributed by atoms with van der Waals surface area (Å²) in [5, 5.41) is 4.69. The van der Waals surface area contributed by atoms with Crippen LogP contribution in [0.3, 0.4) is 0 Å². The van der Waals surface area contributed by atoms with Gasteiger partial charge in [0.2, 0.25) is 0 Å². The molecule has 1 saturated carbocycles. The number of esters is 1. The van der Waals surface area contributed by atoms with E-state index in [-0.39, 0.29) is 23.6 Å². The Labute approximate surface area is 204 Å². The Bertz CT molecular complexity index is 1290. The minimum absolute atomic E-state index is 0.150. The summed E-state index contributed by atoms with van der Waals surface area (Å²) in [5.41, 5.74) is 3.87. The molecule has 1 aliphatic carbocycles. The van der Waals surface area contributed by atoms with E-state index in [0.717, 1.165) is 51.1 Å². The van der Waals surface area contributed by atoms with Crippen LogP contribution < -0.4 is 9.64 Å². The summed E-state index contributed by atoms with van der Waals surface area (Å²) in [6.45, 7) is 3.22. The fourth-order valence-corrected chi connectivity index (χ4v) is 5.28. The largest absolute Gasteiger partial charge is 0.493 e. The van der Waals surface area contributed by atoms with E-state index < -0.39 is 5.97 Å². The number of halogens is 1. The zero-order valence-electron chi connectivity index (χ0n) is 18.1. The molecule has 1 aromatic heterocycles. The molecule has 1 fully saturated rings. The highest BCUT2D eigenvalue weighted by Crippen LogP contribution is 2.54. The number of aromatic nitrogens is 2. The molecule has 3 aromatic rings. The third-order valence-corrected chi connectivity index (χ3v) is 7.42. The Kier molecular flexibility index (Phi) is 4.76. The lowest BCUT2D eigenvalue weighted by atomic mass is 9.88. The number of hydrogen-bond acceptors (Lipinski definition) is 5. The highest BCUT2D eigenvalue weighted by Gasteiger charge is 2.56. The van der Waals surface area contributed by atoms with Crippen molar-refractivity contribution in [1.29, 1.82) is 0 Å². The molecule has 0 bridgehead atoms. The molecule has 2 aliphatic heterocycles. The van der Waals surface area contributed by atoms with Crippen molar-refractivity contribution >= 4 is 40.2 Å². The summed E-state index contributed by atoms with van der Waals surface area (Å²) in [6.07, 6.45) is 2.62. The number of hydrogen-bond donors (Lipinski definition) is 0. The number of anilines is 1. The van der Waals surface area contributed by atoms with Crippen molar-refractivity contribution in [1.82, 2.24) is 9.78 Å². The average Bonchev–Trinajstić information content (AvgIpc) is 3.23. The van der Waals surface area contributed by atoms with E-state index in [1.54, 1.807) is 11.6 Å². The van der Waals surface area contributed by atoms with E-state index >= 15 is 0 Å². The molecule has 6 rings (SSSR count). The van der Waals surface area contributed by atoms with Crippen LogP contribution in [0.1, 0.15) is 51.9 Å². The Morgan fingerprint density at radius 2 is 1.94 bits per heavy atom. The predicted molar refractivity (Wildman–Crippen MR) is 130 cm³/mol. The fraction of sp³-hybridized carbons (Fsp3) is 0.320. The number of amides is 1. The van der Waals surface area contributed by atoms with Gasteiger partial charge in [-0.1, -0.05) is 0 Å². The van der Waals surface area contributed by atoms with Gasteiger partial charge in [-0.2, -0.15) is 5.10 Å². The van der Waals surface area contributed by atoms with Gasteiger partial charge < -0.3 is 14.4 Å². The maximum absolute atomic E-state index is 13.9. The SMILES string of the molecule is CCOC(=O)c1nn(-c2ccc3c(c2)CCO3)c2c1C1(CC1)CN(c1ccc(I)cc1)C2=O. The van der Waals surface area contributed by atoms with E-state index in [2.05, 4.69) is 27.7 Å². The van der Waals surface area contributed by atoms with Crippen LogP contribution in [0.5, 0.6) is 5.75 Å². The van der Waals surface area contributed by atoms with Crippen LogP contribution in [0.4, 0.5) is 5.69 Å². The zero-order valence-corrected chi connectivity index (χ0v) is 20.3. The van der Waals surface area contributed by atoms with Gasteiger partial charge in [0.1, 0.15) is 11.4 Å². The van der Waals surface area contributed by atoms with Crippen molar-refractivity contribution in [3.8, 4) is 11.4 Å². The van der Waals surface area contributed by atoms with Gasteiger partial charge in [0.15, 0.2) is 5.69 Å². The lowest BCUT2D eigenvalue weighted by Crippen LogP contribution is -2.44. The predicted octanol–water partition coefficient (Wildman–Crippen LogP) is 4.28. The first-order valence-electron chi connectivity index (χ1n) is 11.1. The van der Waals surface area contributed by atoms with Gasteiger partial charge in [-0.3, -0.25) is 4.79 Å². The Hall–Kier alpha value is -2.88. The summed E-state index contributed by atoms with van der Waals surface area (Å²) in [7, 11) is 0. The summed E-state index contributed by atoms with van der Waals surface area (Å²) >= 11 is 2.26. The average molecular weight is 555 g/mol. The van der Waals surface area contributed by atoms with E-state index in [1.807, 2.05) is 47.4 Å². The topological polar surface area (TPSA) is 73.7 Å². The van der Waals surface area contributed by atoms with Gasteiger partial charge in [-0.05, 0) is 90.4 Å². The smallest absolute Gasteiger partial charge is 0.359 e. The van der Waals surface area contributed by atoms with Gasteiger partial charge in [0, 0.05) is 33.2 Å². The van der Waals surface area contributed by atoms with Crippen LogP contribution >= 0.6 is 22.6 Å². The van der Waals surface area contributed by atoms with Crippen LogP contribution in [0.25, 0.3) is 5.69 Å². The van der Waals surface area contributed by atoms with Crippen molar-refractivity contribution in [2.24, 2.45) is 0 Å². The fourth-order valence-electron chi connectivity index (χ4n) is 4.92. The van der Waals surface area contributed by atoms with Crippen LogP contribution in [0.15, 0.2) is 42.5 Å². The Morgan fingerprint density at radius 1 is 1.18 bits per heavy atom. The minimum atomic E-state index is -0.473. The molecule has 0 radical (unpaired) electrons. The first-order valence-corrected chi connectivity index (χ1v) is 12.2. The maximum Gasteiger partial charge on any atom is 0.359 e. The third-order valence-electron chi connectivity index (χ3n) is 6.70. The number of ether oxygens (including phenoxy) is 2. The van der Waals surface area contributed by atoms with E-state index in [1.165, 1.54) is 0 Å². The monoisotopic (exact) mass is 555 g/mol. The van der Waals surface area contributed by atoms with Gasteiger partial charge in [-0.15, -0.1) is 0 Å². The van der Waals surface area contributed by atoms with E-state index in [9.17, 15) is 9.59 Å². The molecule has 3 heterocycles. The van der Waals surface area contributed by atoms with Gasteiger partial charge in [0.25, 0.3) is 5.91 Å². The number of fused-ring (bicyclic) bond motifs is 3. The van der Waals surface area contributed by atoms with Crippen molar-refractivity contribution < 1.29 is 19.1 Å². The number of carbonyl (C=O) groups is 2. The van der Waals surface area contributed by atoms with Crippen molar-refractivity contribution in [3.63, 3.8) is 0 Å². The first-order chi connectivity index (χ1) is 16.0. The molecule has 168 valence electrons. The Balaban J connectivity index is 1.55. The highest BCUT2D eigenvalue weighted by molar-refractivity contribution is 14.1. The summed E-state index contributed by atoms with van der Waals surface area (Å²) in [4.78, 5) is 28.7. The summed E-state index contributed by atoms with van der Waals surface area (Å²) < 4.78 is 13.7. The highest BCUT2D eigenvalue weighted by atomic mass is 127. The Morgan fingerprint density at radius 3 is 2.67 bits per heavy atom. The van der Waals surface area contributed by atoms with Crippen LogP contribution in [0.2, 0.25) is 0 Å². The number of rotatable bonds is 4. The molecule has 0 unspecified atom stereocenters. The quantitative estimate of drug-likeness (QED) is 0.355. The summed E-state index contributed by atoms with van der Waals surface area (Å²) in [6, 6.07) is 13.7. The normalized spacial score (nSPS) is 17.5.